The minimum absolute atomic E-state index is 0.0957. The molecule has 6 heteroatoms. The largest absolute Gasteiger partial charge is 0.369 e. The van der Waals surface area contributed by atoms with Gasteiger partial charge in [0.1, 0.15) is 8.07 Å². The van der Waals surface area contributed by atoms with Crippen molar-refractivity contribution in [1.29, 1.82) is 0 Å². The van der Waals surface area contributed by atoms with Crippen molar-refractivity contribution in [3.63, 3.8) is 0 Å². The summed E-state index contributed by atoms with van der Waals surface area (Å²) >= 11 is 0. The van der Waals surface area contributed by atoms with Gasteiger partial charge in [0.05, 0.1) is 18.0 Å². The highest BCUT2D eigenvalue weighted by Gasteiger charge is 2.22. The molecular weight excluding hydrogens is 350 g/mol. The van der Waals surface area contributed by atoms with Crippen molar-refractivity contribution >= 4 is 18.1 Å². The van der Waals surface area contributed by atoms with Crippen molar-refractivity contribution in [1.82, 2.24) is 4.31 Å². The maximum Gasteiger partial charge on any atom is 0.244 e. The first-order valence-corrected chi connectivity index (χ1v) is 12.7. The highest BCUT2D eigenvalue weighted by Crippen LogP contribution is 2.15. The molecule has 0 bridgehead atoms. The normalized spacial score (nSPS) is 12.4. The lowest BCUT2D eigenvalue weighted by Crippen LogP contribution is -2.32. The van der Waals surface area contributed by atoms with E-state index >= 15 is 0 Å². The van der Waals surface area contributed by atoms with Gasteiger partial charge in [-0.2, -0.15) is 4.31 Å². The Labute approximate surface area is 152 Å². The predicted octanol–water partition coefficient (Wildman–Crippen LogP) is 1.86. The standard InChI is InChI=1S/C19H23NO3SSi/c1-6-14-20(15-7-8-18(21)13-16-25(3,4)5)24(22,23)19-11-9-17(2)10-12-19/h1,9-12,18,21H,14-15H2,2-5H3. The Morgan fingerprint density at radius 3 is 2.28 bits per heavy atom. The highest BCUT2D eigenvalue weighted by atomic mass is 32.2. The van der Waals surface area contributed by atoms with Crippen LogP contribution in [0.3, 0.4) is 0 Å². The molecule has 0 spiro atoms. The maximum absolute atomic E-state index is 12.6. The molecule has 0 fully saturated rings. The molecule has 0 heterocycles. The summed E-state index contributed by atoms with van der Waals surface area (Å²) in [5.41, 5.74) is 3.98. The second kappa shape index (κ2) is 8.90. The maximum atomic E-state index is 12.6. The summed E-state index contributed by atoms with van der Waals surface area (Å²) in [6.45, 7) is 7.85. The van der Waals surface area contributed by atoms with E-state index in [-0.39, 0.29) is 18.0 Å². The SMILES string of the molecule is C#CCN(CC#CC(O)C#C[Si](C)(C)C)S(=O)(=O)c1ccc(C)cc1. The summed E-state index contributed by atoms with van der Waals surface area (Å²) in [7, 11) is -5.33. The molecule has 1 rings (SSSR count). The van der Waals surface area contributed by atoms with E-state index in [2.05, 4.69) is 48.9 Å². The van der Waals surface area contributed by atoms with E-state index in [0.717, 1.165) is 9.87 Å². The number of aliphatic hydroxyl groups excluding tert-OH is 1. The molecule has 132 valence electrons. The van der Waals surface area contributed by atoms with Gasteiger partial charge in [-0.25, -0.2) is 8.42 Å². The van der Waals surface area contributed by atoms with Crippen LogP contribution in [0.5, 0.6) is 0 Å². The van der Waals surface area contributed by atoms with Gasteiger partial charge in [-0.3, -0.25) is 0 Å². The van der Waals surface area contributed by atoms with Crippen molar-refractivity contribution < 1.29 is 13.5 Å². The van der Waals surface area contributed by atoms with E-state index < -0.39 is 24.2 Å². The number of aliphatic hydroxyl groups is 1. The molecule has 1 aromatic carbocycles. The Balaban J connectivity index is 2.95. The van der Waals surface area contributed by atoms with Crippen LogP contribution in [0, 0.1) is 42.6 Å². The number of hydrogen-bond donors (Lipinski definition) is 1. The molecule has 1 atom stereocenters. The second-order valence-electron chi connectivity index (χ2n) is 6.53. The summed E-state index contributed by atoms with van der Waals surface area (Å²) in [5.74, 6) is 10.2. The minimum atomic E-state index is -3.74. The molecule has 0 amide bonds. The van der Waals surface area contributed by atoms with Crippen molar-refractivity contribution in [2.24, 2.45) is 0 Å². The third-order valence-electron chi connectivity index (χ3n) is 3.00. The van der Waals surface area contributed by atoms with Crippen LogP contribution < -0.4 is 0 Å². The summed E-state index contributed by atoms with van der Waals surface area (Å²) in [4.78, 5) is 0.161. The first-order valence-electron chi connectivity index (χ1n) is 7.76. The number of nitrogens with zero attached hydrogens (tertiary/aromatic N) is 1. The molecule has 0 radical (unpaired) electrons. The van der Waals surface area contributed by atoms with Crippen LogP contribution in [0.1, 0.15) is 5.56 Å². The average molecular weight is 374 g/mol. The van der Waals surface area contributed by atoms with Gasteiger partial charge in [-0.05, 0) is 19.1 Å². The Bertz CT molecular complexity index is 854. The van der Waals surface area contributed by atoms with Gasteiger partial charge in [-0.1, -0.05) is 61.0 Å². The van der Waals surface area contributed by atoms with Gasteiger partial charge in [0.25, 0.3) is 0 Å². The number of sulfonamides is 1. The number of benzene rings is 1. The third-order valence-corrected chi connectivity index (χ3v) is 5.70. The topological polar surface area (TPSA) is 57.6 Å². The van der Waals surface area contributed by atoms with Crippen molar-refractivity contribution in [2.45, 2.75) is 37.6 Å². The van der Waals surface area contributed by atoms with Crippen molar-refractivity contribution in [3.8, 4) is 35.6 Å². The molecular formula is C19H23NO3SSi. The van der Waals surface area contributed by atoms with Gasteiger partial charge in [0.15, 0.2) is 6.10 Å². The lowest BCUT2D eigenvalue weighted by molar-refractivity contribution is 0.289. The zero-order valence-corrected chi connectivity index (χ0v) is 16.8. The monoisotopic (exact) mass is 373 g/mol. The fourth-order valence-corrected chi connectivity index (χ4v) is 3.57. The molecule has 1 unspecified atom stereocenters. The van der Waals surface area contributed by atoms with Crippen LogP contribution in [0.15, 0.2) is 29.2 Å². The molecule has 25 heavy (non-hydrogen) atoms. The van der Waals surface area contributed by atoms with E-state index in [0.29, 0.717) is 0 Å². The van der Waals surface area contributed by atoms with Crippen LogP contribution >= 0.6 is 0 Å². The number of aryl methyl sites for hydroxylation is 1. The van der Waals surface area contributed by atoms with Gasteiger partial charge in [0.2, 0.25) is 10.0 Å². The Kier molecular flexibility index (Phi) is 7.49. The molecule has 0 aliphatic rings. The Morgan fingerprint density at radius 2 is 1.76 bits per heavy atom. The van der Waals surface area contributed by atoms with E-state index in [1.54, 1.807) is 12.1 Å². The van der Waals surface area contributed by atoms with Gasteiger partial charge >= 0.3 is 0 Å². The van der Waals surface area contributed by atoms with Gasteiger partial charge < -0.3 is 5.11 Å². The molecule has 0 saturated carbocycles. The van der Waals surface area contributed by atoms with Crippen LogP contribution in [-0.2, 0) is 10.0 Å². The quantitative estimate of drug-likeness (QED) is 0.647. The smallest absolute Gasteiger partial charge is 0.244 e. The average Bonchev–Trinajstić information content (AvgIpc) is 2.52. The zero-order chi connectivity index (χ0) is 19.1. The first-order chi connectivity index (χ1) is 11.6. The summed E-state index contributed by atoms with van der Waals surface area (Å²) in [6, 6.07) is 6.52. The summed E-state index contributed by atoms with van der Waals surface area (Å²) in [6.07, 6.45) is 4.19. The zero-order valence-electron chi connectivity index (χ0n) is 15.0. The first kappa shape index (κ1) is 21.0. The van der Waals surface area contributed by atoms with E-state index in [1.807, 2.05) is 6.92 Å². The predicted molar refractivity (Wildman–Crippen MR) is 104 cm³/mol. The van der Waals surface area contributed by atoms with Crippen LogP contribution in [-0.4, -0.2) is 45.1 Å². The Morgan fingerprint density at radius 1 is 1.16 bits per heavy atom. The van der Waals surface area contributed by atoms with E-state index in [4.69, 9.17) is 6.42 Å². The number of hydrogen-bond acceptors (Lipinski definition) is 3. The Hall–Kier alpha value is -2.01. The van der Waals surface area contributed by atoms with Crippen LogP contribution in [0.25, 0.3) is 0 Å². The van der Waals surface area contributed by atoms with Crippen molar-refractivity contribution in [2.75, 3.05) is 13.1 Å². The molecule has 1 aromatic rings. The van der Waals surface area contributed by atoms with Crippen LogP contribution in [0.4, 0.5) is 0 Å². The van der Waals surface area contributed by atoms with Crippen LogP contribution in [0.2, 0.25) is 19.6 Å². The molecule has 4 nitrogen and oxygen atoms in total. The van der Waals surface area contributed by atoms with Gasteiger partial charge in [0, 0.05) is 0 Å². The summed E-state index contributed by atoms with van der Waals surface area (Å²) < 4.78 is 26.4. The molecule has 1 N–H and O–H groups in total. The third kappa shape index (κ3) is 7.18. The highest BCUT2D eigenvalue weighted by molar-refractivity contribution is 7.89. The molecule has 0 aliphatic heterocycles. The van der Waals surface area contributed by atoms with Gasteiger partial charge in [-0.15, -0.1) is 12.0 Å². The lowest BCUT2D eigenvalue weighted by atomic mass is 10.2. The minimum Gasteiger partial charge on any atom is -0.369 e. The van der Waals surface area contributed by atoms with E-state index in [1.165, 1.54) is 12.1 Å². The van der Waals surface area contributed by atoms with Crippen molar-refractivity contribution in [3.05, 3.63) is 29.8 Å². The fraction of sp³-hybridized carbons (Fsp3) is 0.368. The number of terminal acetylenes is 1. The van der Waals surface area contributed by atoms with E-state index in [9.17, 15) is 13.5 Å². The summed E-state index contributed by atoms with van der Waals surface area (Å²) in [5, 5.41) is 9.77. The molecule has 0 saturated heterocycles. The molecule has 0 aliphatic carbocycles. The number of rotatable bonds is 4. The lowest BCUT2D eigenvalue weighted by Gasteiger charge is -2.17. The second-order valence-corrected chi connectivity index (χ2v) is 13.2. The fourth-order valence-electron chi connectivity index (χ4n) is 1.74. The molecule has 0 aromatic heterocycles.